The van der Waals surface area contributed by atoms with E-state index in [1.165, 1.54) is 44.9 Å². The number of hydrogen-bond donors (Lipinski definition) is 0. The highest BCUT2D eigenvalue weighted by Gasteiger charge is 2.34. The Morgan fingerprint density at radius 1 is 1.00 bits per heavy atom. The predicted octanol–water partition coefficient (Wildman–Crippen LogP) is 4.77. The number of hydrogen-bond acceptors (Lipinski definition) is 0. The van der Waals surface area contributed by atoms with Crippen LogP contribution in [0, 0.1) is 17.8 Å². The molecule has 0 heterocycles. The molecule has 2 saturated carbocycles. The standard InChI is InChI=1S/C13H23Br/c1-2-3-10-4-5-12-9-13(14)7-6-11(12)8-10/h10-13H,2-9H2,1H3/t10-,11-,12+,13?/m0/s1. The molecule has 0 amide bonds. The molecule has 14 heavy (non-hydrogen) atoms. The first-order chi connectivity index (χ1) is 6.79. The topological polar surface area (TPSA) is 0 Å². The van der Waals surface area contributed by atoms with Gasteiger partial charge < -0.3 is 0 Å². The van der Waals surface area contributed by atoms with E-state index < -0.39 is 0 Å². The maximum Gasteiger partial charge on any atom is 0.0148 e. The van der Waals surface area contributed by atoms with E-state index in [-0.39, 0.29) is 0 Å². The van der Waals surface area contributed by atoms with E-state index in [1.807, 2.05) is 0 Å². The molecule has 0 N–H and O–H groups in total. The summed E-state index contributed by atoms with van der Waals surface area (Å²) in [5, 5.41) is 0. The molecule has 0 nitrogen and oxygen atoms in total. The molecule has 0 aromatic carbocycles. The van der Waals surface area contributed by atoms with E-state index in [9.17, 15) is 0 Å². The maximum atomic E-state index is 3.80. The Kier molecular flexibility index (Phi) is 3.93. The molecule has 0 saturated heterocycles. The van der Waals surface area contributed by atoms with Gasteiger partial charge in [-0.25, -0.2) is 0 Å². The maximum absolute atomic E-state index is 3.80. The van der Waals surface area contributed by atoms with E-state index in [0.29, 0.717) is 0 Å². The van der Waals surface area contributed by atoms with Crippen molar-refractivity contribution in [3.63, 3.8) is 0 Å². The molecule has 1 heteroatoms. The molecule has 2 rings (SSSR count). The summed E-state index contributed by atoms with van der Waals surface area (Å²) in [6, 6.07) is 0. The summed E-state index contributed by atoms with van der Waals surface area (Å²) in [7, 11) is 0. The average Bonchev–Trinajstić information content (AvgIpc) is 2.19. The van der Waals surface area contributed by atoms with Gasteiger partial charge >= 0.3 is 0 Å². The van der Waals surface area contributed by atoms with Crippen molar-refractivity contribution in [1.82, 2.24) is 0 Å². The van der Waals surface area contributed by atoms with Gasteiger partial charge in [0.2, 0.25) is 0 Å². The second-order valence-electron chi connectivity index (χ2n) is 5.40. The van der Waals surface area contributed by atoms with Gasteiger partial charge in [-0.2, -0.15) is 0 Å². The van der Waals surface area contributed by atoms with Crippen molar-refractivity contribution in [2.45, 2.75) is 63.1 Å². The van der Waals surface area contributed by atoms with Crippen LogP contribution in [0.15, 0.2) is 0 Å². The third-order valence-corrected chi connectivity index (χ3v) is 5.19. The van der Waals surface area contributed by atoms with Crippen LogP contribution in [0.2, 0.25) is 0 Å². The molecule has 2 fully saturated rings. The molecule has 0 aromatic heterocycles. The third kappa shape index (κ3) is 2.53. The molecule has 0 aliphatic heterocycles. The minimum atomic E-state index is 0.839. The Morgan fingerprint density at radius 3 is 2.50 bits per heavy atom. The highest BCUT2D eigenvalue weighted by Crippen LogP contribution is 2.45. The van der Waals surface area contributed by atoms with Crippen LogP contribution in [-0.4, -0.2) is 4.83 Å². The molecular formula is C13H23Br. The molecule has 82 valence electrons. The molecule has 0 radical (unpaired) electrons. The first kappa shape index (κ1) is 11.0. The summed E-state index contributed by atoms with van der Waals surface area (Å²) in [5.41, 5.74) is 0. The third-order valence-electron chi connectivity index (χ3n) is 4.35. The zero-order valence-corrected chi connectivity index (χ0v) is 10.9. The minimum absolute atomic E-state index is 0.839. The Morgan fingerprint density at radius 2 is 1.71 bits per heavy atom. The Hall–Kier alpha value is 0.480. The van der Waals surface area contributed by atoms with Crippen molar-refractivity contribution in [1.29, 1.82) is 0 Å². The summed E-state index contributed by atoms with van der Waals surface area (Å²) in [5.74, 6) is 3.24. The number of fused-ring (bicyclic) bond motifs is 1. The van der Waals surface area contributed by atoms with Crippen LogP contribution in [0.4, 0.5) is 0 Å². The minimum Gasteiger partial charge on any atom is -0.0891 e. The summed E-state index contributed by atoms with van der Waals surface area (Å²) < 4.78 is 0. The monoisotopic (exact) mass is 258 g/mol. The van der Waals surface area contributed by atoms with Crippen molar-refractivity contribution in [3.8, 4) is 0 Å². The Bertz CT molecular complexity index is 178. The van der Waals surface area contributed by atoms with Gasteiger partial charge in [0.25, 0.3) is 0 Å². The molecule has 4 atom stereocenters. The first-order valence-electron chi connectivity index (χ1n) is 6.43. The Balaban J connectivity index is 1.85. The lowest BCUT2D eigenvalue weighted by Crippen LogP contribution is -2.31. The highest BCUT2D eigenvalue weighted by molar-refractivity contribution is 9.09. The number of alkyl halides is 1. The summed E-state index contributed by atoms with van der Waals surface area (Å²) in [4.78, 5) is 0.839. The summed E-state index contributed by atoms with van der Waals surface area (Å²) in [6.07, 6.45) is 11.9. The van der Waals surface area contributed by atoms with Gasteiger partial charge in [-0.1, -0.05) is 42.1 Å². The van der Waals surface area contributed by atoms with Crippen molar-refractivity contribution in [2.75, 3.05) is 0 Å². The predicted molar refractivity (Wildman–Crippen MR) is 65.8 cm³/mol. The van der Waals surface area contributed by atoms with Gasteiger partial charge in [0, 0.05) is 4.83 Å². The van der Waals surface area contributed by atoms with Gasteiger partial charge in [0.05, 0.1) is 0 Å². The van der Waals surface area contributed by atoms with Crippen molar-refractivity contribution in [3.05, 3.63) is 0 Å². The number of halogens is 1. The fraction of sp³-hybridized carbons (Fsp3) is 1.00. The van der Waals surface area contributed by atoms with Gasteiger partial charge in [-0.15, -0.1) is 0 Å². The van der Waals surface area contributed by atoms with Gasteiger partial charge in [0.15, 0.2) is 0 Å². The van der Waals surface area contributed by atoms with Crippen LogP contribution >= 0.6 is 15.9 Å². The normalized spacial score (nSPS) is 43.3. The smallest absolute Gasteiger partial charge is 0.0148 e. The van der Waals surface area contributed by atoms with Crippen LogP contribution in [0.5, 0.6) is 0 Å². The summed E-state index contributed by atoms with van der Waals surface area (Å²) >= 11 is 3.80. The second kappa shape index (κ2) is 5.01. The highest BCUT2D eigenvalue weighted by atomic mass is 79.9. The van der Waals surface area contributed by atoms with Crippen molar-refractivity contribution in [2.24, 2.45) is 17.8 Å². The number of rotatable bonds is 2. The SMILES string of the molecule is CCC[C@H]1CC[C@@H]2CC(Br)CC[C@H]2C1. The van der Waals surface area contributed by atoms with E-state index in [1.54, 1.807) is 6.42 Å². The fourth-order valence-electron chi connectivity index (χ4n) is 3.60. The van der Waals surface area contributed by atoms with Crippen LogP contribution in [-0.2, 0) is 0 Å². The van der Waals surface area contributed by atoms with Crippen LogP contribution in [0.25, 0.3) is 0 Å². The zero-order valence-electron chi connectivity index (χ0n) is 9.34. The van der Waals surface area contributed by atoms with Gasteiger partial charge in [-0.3, -0.25) is 0 Å². The Labute approximate surface area is 97.0 Å². The van der Waals surface area contributed by atoms with Crippen molar-refractivity contribution < 1.29 is 0 Å². The zero-order chi connectivity index (χ0) is 9.97. The van der Waals surface area contributed by atoms with E-state index >= 15 is 0 Å². The lowest BCUT2D eigenvalue weighted by molar-refractivity contribution is 0.129. The van der Waals surface area contributed by atoms with E-state index in [2.05, 4.69) is 22.9 Å². The molecule has 0 bridgehead atoms. The molecule has 2 aliphatic rings. The fourth-order valence-corrected chi connectivity index (χ4v) is 4.34. The average molecular weight is 259 g/mol. The molecule has 0 spiro atoms. The van der Waals surface area contributed by atoms with Crippen LogP contribution in [0.3, 0.4) is 0 Å². The first-order valence-corrected chi connectivity index (χ1v) is 7.35. The molecule has 0 aromatic rings. The molecule has 2 aliphatic carbocycles. The van der Waals surface area contributed by atoms with Crippen LogP contribution < -0.4 is 0 Å². The van der Waals surface area contributed by atoms with E-state index in [4.69, 9.17) is 0 Å². The lowest BCUT2D eigenvalue weighted by atomic mass is 9.67. The van der Waals surface area contributed by atoms with Gasteiger partial charge in [-0.05, 0) is 49.9 Å². The van der Waals surface area contributed by atoms with Crippen molar-refractivity contribution >= 4 is 15.9 Å². The second-order valence-corrected chi connectivity index (χ2v) is 6.69. The van der Waals surface area contributed by atoms with E-state index in [0.717, 1.165) is 22.6 Å². The molecule has 1 unspecified atom stereocenters. The quantitative estimate of drug-likeness (QED) is 0.627. The molecular weight excluding hydrogens is 236 g/mol. The van der Waals surface area contributed by atoms with Crippen LogP contribution in [0.1, 0.15) is 58.3 Å². The largest absolute Gasteiger partial charge is 0.0891 e. The van der Waals surface area contributed by atoms with Gasteiger partial charge in [0.1, 0.15) is 0 Å². The lowest BCUT2D eigenvalue weighted by Gasteiger charge is -2.41. The summed E-state index contributed by atoms with van der Waals surface area (Å²) in [6.45, 7) is 2.33.